The van der Waals surface area contributed by atoms with E-state index in [2.05, 4.69) is 35.1 Å². The monoisotopic (exact) mass is 352 g/mol. The van der Waals surface area contributed by atoms with Crippen LogP contribution in [0.15, 0.2) is 22.7 Å². The molecule has 0 aromatic heterocycles. The number of carbonyl (C=O) groups is 1. The van der Waals surface area contributed by atoms with Gasteiger partial charge in [0.2, 0.25) is 0 Å². The first kappa shape index (κ1) is 16.3. The molecule has 0 spiro atoms. The predicted molar refractivity (Wildman–Crippen MR) is 91.2 cm³/mol. The number of nitrogens with one attached hydrogen (secondary N) is 1. The van der Waals surface area contributed by atoms with E-state index < -0.39 is 0 Å². The number of rotatable bonds is 5. The largest absolute Gasteiger partial charge is 0.398 e. The number of anilines is 1. The molecule has 0 heterocycles. The van der Waals surface area contributed by atoms with E-state index in [9.17, 15) is 4.79 Å². The molecule has 3 N–H and O–H groups in total. The highest BCUT2D eigenvalue weighted by Gasteiger charge is 2.34. The normalized spacial score (nSPS) is 17.1. The van der Waals surface area contributed by atoms with E-state index in [0.717, 1.165) is 11.0 Å². The topological polar surface area (TPSA) is 55.1 Å². The van der Waals surface area contributed by atoms with Crippen molar-refractivity contribution in [3.63, 3.8) is 0 Å². The van der Waals surface area contributed by atoms with Crippen LogP contribution in [0.25, 0.3) is 0 Å². The SMILES string of the molecule is CC(C)CC1(CNC(=O)c2ccc(Br)c(N)c2)CCCC1. The lowest BCUT2D eigenvalue weighted by Gasteiger charge is -2.31. The van der Waals surface area contributed by atoms with Crippen LogP contribution in [0, 0.1) is 11.3 Å². The van der Waals surface area contributed by atoms with Crippen LogP contribution in [0.1, 0.15) is 56.3 Å². The molecule has 1 aliphatic rings. The lowest BCUT2D eigenvalue weighted by molar-refractivity contribution is 0.0922. The molecule has 3 nitrogen and oxygen atoms in total. The van der Waals surface area contributed by atoms with E-state index in [4.69, 9.17) is 5.73 Å². The number of hydrogen-bond donors (Lipinski definition) is 2. The van der Waals surface area contributed by atoms with Crippen molar-refractivity contribution in [3.8, 4) is 0 Å². The lowest BCUT2D eigenvalue weighted by atomic mass is 9.78. The van der Waals surface area contributed by atoms with E-state index >= 15 is 0 Å². The summed E-state index contributed by atoms with van der Waals surface area (Å²) in [4.78, 5) is 12.3. The van der Waals surface area contributed by atoms with Crippen LogP contribution in [-0.2, 0) is 0 Å². The Morgan fingerprint density at radius 2 is 2.05 bits per heavy atom. The maximum absolute atomic E-state index is 12.3. The highest BCUT2D eigenvalue weighted by Crippen LogP contribution is 2.42. The zero-order chi connectivity index (χ0) is 15.5. The first-order valence-corrected chi connectivity index (χ1v) is 8.54. The van der Waals surface area contributed by atoms with E-state index in [0.29, 0.717) is 22.6 Å². The van der Waals surface area contributed by atoms with Gasteiger partial charge in [0.25, 0.3) is 5.91 Å². The first-order valence-electron chi connectivity index (χ1n) is 7.75. The molecule has 0 bridgehead atoms. The average molecular weight is 353 g/mol. The van der Waals surface area contributed by atoms with Crippen molar-refractivity contribution >= 4 is 27.5 Å². The predicted octanol–water partition coefficient (Wildman–Crippen LogP) is 4.37. The van der Waals surface area contributed by atoms with Crippen molar-refractivity contribution < 1.29 is 4.79 Å². The van der Waals surface area contributed by atoms with Crippen LogP contribution in [-0.4, -0.2) is 12.5 Å². The van der Waals surface area contributed by atoms with Gasteiger partial charge >= 0.3 is 0 Å². The van der Waals surface area contributed by atoms with Gasteiger partial charge in [-0.15, -0.1) is 0 Å². The molecule has 1 aromatic carbocycles. The number of amides is 1. The fourth-order valence-electron chi connectivity index (χ4n) is 3.50. The molecule has 4 heteroatoms. The Hall–Kier alpha value is -1.03. The second kappa shape index (κ2) is 6.82. The Balaban J connectivity index is 2.00. The average Bonchev–Trinajstić information content (AvgIpc) is 2.87. The molecule has 116 valence electrons. The van der Waals surface area contributed by atoms with Gasteiger partial charge in [-0.3, -0.25) is 4.79 Å². The van der Waals surface area contributed by atoms with Crippen molar-refractivity contribution in [2.75, 3.05) is 12.3 Å². The summed E-state index contributed by atoms with van der Waals surface area (Å²) < 4.78 is 0.825. The maximum Gasteiger partial charge on any atom is 0.251 e. The van der Waals surface area contributed by atoms with Crippen LogP contribution >= 0.6 is 15.9 Å². The molecular formula is C17H25BrN2O. The molecule has 0 radical (unpaired) electrons. The van der Waals surface area contributed by atoms with Gasteiger partial charge in [-0.25, -0.2) is 0 Å². The van der Waals surface area contributed by atoms with Crippen molar-refractivity contribution in [1.82, 2.24) is 5.32 Å². The minimum absolute atomic E-state index is 0.0239. The molecule has 1 aromatic rings. The van der Waals surface area contributed by atoms with Gasteiger partial charge in [0.05, 0.1) is 0 Å². The molecule has 1 aliphatic carbocycles. The van der Waals surface area contributed by atoms with Crippen LogP contribution in [0.4, 0.5) is 5.69 Å². The molecule has 1 saturated carbocycles. The van der Waals surface area contributed by atoms with Gasteiger partial charge in [0.15, 0.2) is 0 Å². The Labute approximate surface area is 135 Å². The van der Waals surface area contributed by atoms with Gasteiger partial charge in [-0.1, -0.05) is 26.7 Å². The summed E-state index contributed by atoms with van der Waals surface area (Å²) in [5.41, 5.74) is 7.37. The highest BCUT2D eigenvalue weighted by molar-refractivity contribution is 9.10. The van der Waals surface area contributed by atoms with E-state index in [1.165, 1.54) is 32.1 Å². The molecule has 0 atom stereocenters. The second-order valence-corrected chi connectivity index (χ2v) is 7.58. The summed E-state index contributed by atoms with van der Waals surface area (Å²) in [6.45, 7) is 5.30. The lowest BCUT2D eigenvalue weighted by Crippen LogP contribution is -2.36. The molecule has 1 fully saturated rings. The number of nitrogens with two attached hydrogens (primary N) is 1. The van der Waals surface area contributed by atoms with Gasteiger partial charge in [-0.2, -0.15) is 0 Å². The Morgan fingerprint density at radius 1 is 1.38 bits per heavy atom. The Bertz CT molecular complexity index is 508. The molecule has 2 rings (SSSR count). The third-order valence-electron chi connectivity index (χ3n) is 4.39. The van der Waals surface area contributed by atoms with Gasteiger partial charge < -0.3 is 11.1 Å². The maximum atomic E-state index is 12.3. The fourth-order valence-corrected chi connectivity index (χ4v) is 3.75. The third kappa shape index (κ3) is 4.22. The Kier molecular flexibility index (Phi) is 5.31. The van der Waals surface area contributed by atoms with E-state index in [1.54, 1.807) is 12.1 Å². The molecule has 0 unspecified atom stereocenters. The molecule has 0 aliphatic heterocycles. The van der Waals surface area contributed by atoms with Gasteiger partial charge in [-0.05, 0) is 64.7 Å². The number of halogens is 1. The summed E-state index contributed by atoms with van der Waals surface area (Å²) in [6, 6.07) is 5.35. The summed E-state index contributed by atoms with van der Waals surface area (Å²) >= 11 is 3.35. The molecule has 0 saturated heterocycles. The summed E-state index contributed by atoms with van der Waals surface area (Å²) in [5.74, 6) is 0.646. The number of hydrogen-bond acceptors (Lipinski definition) is 2. The van der Waals surface area contributed by atoms with Crippen molar-refractivity contribution in [3.05, 3.63) is 28.2 Å². The van der Waals surface area contributed by atoms with Crippen molar-refractivity contribution in [2.45, 2.75) is 46.0 Å². The van der Waals surface area contributed by atoms with Crippen LogP contribution in [0.2, 0.25) is 0 Å². The van der Waals surface area contributed by atoms with Gasteiger partial charge in [0, 0.05) is 22.3 Å². The summed E-state index contributed by atoms with van der Waals surface area (Å²) in [6.07, 6.45) is 6.22. The second-order valence-electron chi connectivity index (χ2n) is 6.72. The number of carbonyl (C=O) groups excluding carboxylic acids is 1. The number of benzene rings is 1. The standard InChI is InChI=1S/C17H25BrN2O/c1-12(2)10-17(7-3-4-8-17)11-20-16(21)13-5-6-14(18)15(19)9-13/h5-6,9,12H,3-4,7-8,10-11,19H2,1-2H3,(H,20,21). The highest BCUT2D eigenvalue weighted by atomic mass is 79.9. The van der Waals surface area contributed by atoms with Crippen LogP contribution < -0.4 is 11.1 Å². The summed E-state index contributed by atoms with van der Waals surface area (Å²) in [5, 5.41) is 3.12. The van der Waals surface area contributed by atoms with E-state index in [1.807, 2.05) is 6.07 Å². The van der Waals surface area contributed by atoms with Crippen molar-refractivity contribution in [2.24, 2.45) is 11.3 Å². The van der Waals surface area contributed by atoms with Crippen molar-refractivity contribution in [1.29, 1.82) is 0 Å². The summed E-state index contributed by atoms with van der Waals surface area (Å²) in [7, 11) is 0. The third-order valence-corrected chi connectivity index (χ3v) is 5.11. The smallest absolute Gasteiger partial charge is 0.251 e. The minimum atomic E-state index is -0.0239. The first-order chi connectivity index (χ1) is 9.92. The molecule has 21 heavy (non-hydrogen) atoms. The Morgan fingerprint density at radius 3 is 2.62 bits per heavy atom. The molecular weight excluding hydrogens is 328 g/mol. The van der Waals surface area contributed by atoms with Gasteiger partial charge in [0.1, 0.15) is 0 Å². The van der Waals surface area contributed by atoms with E-state index in [-0.39, 0.29) is 5.91 Å². The van der Waals surface area contributed by atoms with Crippen LogP contribution in [0.3, 0.4) is 0 Å². The minimum Gasteiger partial charge on any atom is -0.398 e. The quantitative estimate of drug-likeness (QED) is 0.773. The fraction of sp³-hybridized carbons (Fsp3) is 0.588. The van der Waals surface area contributed by atoms with Crippen LogP contribution in [0.5, 0.6) is 0 Å². The zero-order valence-electron chi connectivity index (χ0n) is 12.9. The zero-order valence-corrected chi connectivity index (χ0v) is 14.5. The number of nitrogen functional groups attached to an aromatic ring is 1. The molecule has 1 amide bonds.